The van der Waals surface area contributed by atoms with Gasteiger partial charge < -0.3 is 10.5 Å². The molecule has 4 heteroatoms. The minimum atomic E-state index is -1.15. The maximum absolute atomic E-state index is 11.7. The van der Waals surface area contributed by atoms with Crippen molar-refractivity contribution in [2.75, 3.05) is 6.61 Å². The van der Waals surface area contributed by atoms with E-state index in [1.807, 2.05) is 30.3 Å². The van der Waals surface area contributed by atoms with E-state index in [1.165, 1.54) is 0 Å². The summed E-state index contributed by atoms with van der Waals surface area (Å²) in [7, 11) is -1.15. The van der Waals surface area contributed by atoms with E-state index in [-0.39, 0.29) is 5.97 Å². The summed E-state index contributed by atoms with van der Waals surface area (Å²) >= 11 is 0. The zero-order valence-corrected chi connectivity index (χ0v) is 12.5. The second kappa shape index (κ2) is 6.71. The van der Waals surface area contributed by atoms with Crippen molar-refractivity contribution >= 4 is 14.0 Å². The average Bonchev–Trinajstić information content (AvgIpc) is 2.28. The predicted octanol–water partition coefficient (Wildman–Crippen LogP) is 2.44. The third-order valence-corrected chi connectivity index (χ3v) is 4.40. The fourth-order valence-corrected chi connectivity index (χ4v) is 2.23. The number of ether oxygens (including phenoxy) is 1. The fourth-order valence-electron chi connectivity index (χ4n) is 1.52. The summed E-state index contributed by atoms with van der Waals surface area (Å²) in [5.41, 5.74) is 6.90. The number of hydrogen-bond donors (Lipinski definition) is 1. The second-order valence-electron chi connectivity index (χ2n) is 5.77. The van der Waals surface area contributed by atoms with Crippen LogP contribution in [0.15, 0.2) is 30.3 Å². The molecule has 1 atom stereocenters. The summed E-state index contributed by atoms with van der Waals surface area (Å²) in [5, 5.41) is 0. The molecule has 0 aliphatic rings. The van der Waals surface area contributed by atoms with Crippen LogP contribution in [-0.2, 0) is 16.0 Å². The maximum atomic E-state index is 11.7. The highest BCUT2D eigenvalue weighted by molar-refractivity contribution is 6.76. The van der Waals surface area contributed by atoms with Gasteiger partial charge in [0, 0.05) is 8.07 Å². The molecule has 0 spiro atoms. The number of benzene rings is 1. The molecule has 100 valence electrons. The van der Waals surface area contributed by atoms with E-state index in [4.69, 9.17) is 10.5 Å². The number of nitrogens with two attached hydrogens (primary N) is 1. The van der Waals surface area contributed by atoms with Gasteiger partial charge in [-0.25, -0.2) is 0 Å². The molecule has 0 amide bonds. The van der Waals surface area contributed by atoms with E-state index in [9.17, 15) is 4.79 Å². The van der Waals surface area contributed by atoms with Gasteiger partial charge in [-0.2, -0.15) is 0 Å². The van der Waals surface area contributed by atoms with Gasteiger partial charge in [0.15, 0.2) is 0 Å². The minimum Gasteiger partial charge on any atom is -0.465 e. The van der Waals surface area contributed by atoms with Crippen LogP contribution in [-0.4, -0.2) is 26.7 Å². The first-order valence-electron chi connectivity index (χ1n) is 6.34. The Morgan fingerprint density at radius 2 is 1.89 bits per heavy atom. The summed E-state index contributed by atoms with van der Waals surface area (Å²) < 4.78 is 5.22. The van der Waals surface area contributed by atoms with Gasteiger partial charge in [-0.15, -0.1) is 0 Å². The summed E-state index contributed by atoms with van der Waals surface area (Å²) in [6, 6.07) is 10.2. The molecule has 0 saturated carbocycles. The first kappa shape index (κ1) is 14.9. The summed E-state index contributed by atoms with van der Waals surface area (Å²) in [6.45, 7) is 7.26. The molecule has 0 saturated heterocycles. The Morgan fingerprint density at radius 1 is 1.28 bits per heavy atom. The van der Waals surface area contributed by atoms with Gasteiger partial charge in [-0.1, -0.05) is 50.0 Å². The van der Waals surface area contributed by atoms with E-state index in [2.05, 4.69) is 19.6 Å². The van der Waals surface area contributed by atoms with Gasteiger partial charge in [-0.05, 0) is 18.0 Å². The van der Waals surface area contributed by atoms with Crippen molar-refractivity contribution in [2.24, 2.45) is 5.73 Å². The van der Waals surface area contributed by atoms with E-state index < -0.39 is 14.1 Å². The first-order valence-corrected chi connectivity index (χ1v) is 10.1. The normalized spacial score (nSPS) is 13.1. The molecule has 0 fully saturated rings. The van der Waals surface area contributed by atoms with Crippen molar-refractivity contribution in [3.8, 4) is 0 Å². The molecular formula is C14H23NO2Si. The zero-order chi connectivity index (χ0) is 13.6. The Morgan fingerprint density at radius 3 is 2.44 bits per heavy atom. The quantitative estimate of drug-likeness (QED) is 0.635. The van der Waals surface area contributed by atoms with E-state index in [1.54, 1.807) is 0 Å². The minimum absolute atomic E-state index is 0.294. The molecule has 0 bridgehead atoms. The SMILES string of the molecule is C[Si](C)(C)CCOC(=O)C(N)Cc1ccccc1. The van der Waals surface area contributed by atoms with Crippen LogP contribution >= 0.6 is 0 Å². The van der Waals surface area contributed by atoms with E-state index in [0.717, 1.165) is 11.6 Å². The van der Waals surface area contributed by atoms with Gasteiger partial charge in [0.05, 0.1) is 6.61 Å². The lowest BCUT2D eigenvalue weighted by Gasteiger charge is -2.17. The van der Waals surface area contributed by atoms with Crippen molar-refractivity contribution in [1.82, 2.24) is 0 Å². The van der Waals surface area contributed by atoms with Gasteiger partial charge in [0.1, 0.15) is 6.04 Å². The molecular weight excluding hydrogens is 242 g/mol. The third-order valence-electron chi connectivity index (χ3n) is 2.70. The van der Waals surface area contributed by atoms with Crippen LogP contribution in [0.1, 0.15) is 5.56 Å². The smallest absolute Gasteiger partial charge is 0.323 e. The van der Waals surface area contributed by atoms with Gasteiger partial charge in [-0.3, -0.25) is 4.79 Å². The number of hydrogen-bond acceptors (Lipinski definition) is 3. The molecule has 18 heavy (non-hydrogen) atoms. The predicted molar refractivity (Wildman–Crippen MR) is 77.2 cm³/mol. The molecule has 3 nitrogen and oxygen atoms in total. The van der Waals surface area contributed by atoms with Crippen LogP contribution in [0, 0.1) is 0 Å². The Balaban J connectivity index is 2.34. The van der Waals surface area contributed by atoms with Gasteiger partial charge >= 0.3 is 5.97 Å². The number of carbonyl (C=O) groups is 1. The van der Waals surface area contributed by atoms with Crippen LogP contribution in [0.3, 0.4) is 0 Å². The van der Waals surface area contributed by atoms with Crippen molar-refractivity contribution in [3.63, 3.8) is 0 Å². The Kier molecular flexibility index (Phi) is 5.56. The Labute approximate surface area is 110 Å². The molecule has 1 rings (SSSR count). The Bertz CT molecular complexity index is 373. The van der Waals surface area contributed by atoms with Crippen molar-refractivity contribution in [2.45, 2.75) is 38.1 Å². The lowest BCUT2D eigenvalue weighted by atomic mass is 10.1. The number of esters is 1. The molecule has 1 unspecified atom stereocenters. The molecule has 0 radical (unpaired) electrons. The van der Waals surface area contributed by atoms with Crippen LogP contribution in [0.5, 0.6) is 0 Å². The Hall–Kier alpha value is -1.13. The maximum Gasteiger partial charge on any atom is 0.323 e. The van der Waals surface area contributed by atoms with Crippen LogP contribution in [0.2, 0.25) is 25.7 Å². The second-order valence-corrected chi connectivity index (χ2v) is 11.4. The molecule has 2 N–H and O–H groups in total. The number of rotatable bonds is 6. The van der Waals surface area contributed by atoms with Gasteiger partial charge in [0.25, 0.3) is 0 Å². The van der Waals surface area contributed by atoms with Crippen LogP contribution in [0.4, 0.5) is 0 Å². The standard InChI is InChI=1S/C14H23NO2Si/c1-18(2,3)10-9-17-14(16)13(15)11-12-7-5-4-6-8-12/h4-8,13H,9-11,15H2,1-3H3. The largest absolute Gasteiger partial charge is 0.465 e. The van der Waals surface area contributed by atoms with E-state index in [0.29, 0.717) is 13.0 Å². The number of carbonyl (C=O) groups excluding carboxylic acids is 1. The highest BCUT2D eigenvalue weighted by atomic mass is 28.3. The summed E-state index contributed by atoms with van der Waals surface area (Å²) in [5.74, 6) is -0.294. The molecule has 1 aromatic rings. The lowest BCUT2D eigenvalue weighted by molar-refractivity contribution is -0.144. The molecule has 0 aliphatic heterocycles. The zero-order valence-electron chi connectivity index (χ0n) is 11.5. The molecule has 1 aromatic carbocycles. The summed E-state index contributed by atoms with van der Waals surface area (Å²) in [6.07, 6.45) is 0.534. The molecule has 0 heterocycles. The van der Waals surface area contributed by atoms with Gasteiger partial charge in [0.2, 0.25) is 0 Å². The summed E-state index contributed by atoms with van der Waals surface area (Å²) in [4.78, 5) is 11.7. The monoisotopic (exact) mass is 265 g/mol. The topological polar surface area (TPSA) is 52.3 Å². The third kappa shape index (κ3) is 5.98. The van der Waals surface area contributed by atoms with Crippen molar-refractivity contribution in [3.05, 3.63) is 35.9 Å². The lowest BCUT2D eigenvalue weighted by Crippen LogP contribution is -2.35. The highest BCUT2D eigenvalue weighted by Crippen LogP contribution is 2.08. The van der Waals surface area contributed by atoms with Crippen LogP contribution < -0.4 is 5.73 Å². The van der Waals surface area contributed by atoms with Crippen molar-refractivity contribution < 1.29 is 9.53 Å². The molecule has 0 aliphatic carbocycles. The highest BCUT2D eigenvalue weighted by Gasteiger charge is 2.18. The average molecular weight is 265 g/mol. The van der Waals surface area contributed by atoms with E-state index >= 15 is 0 Å². The fraction of sp³-hybridized carbons (Fsp3) is 0.500. The molecule has 0 aromatic heterocycles. The first-order chi connectivity index (χ1) is 8.38. The van der Waals surface area contributed by atoms with Crippen molar-refractivity contribution in [1.29, 1.82) is 0 Å². The van der Waals surface area contributed by atoms with Crippen LogP contribution in [0.25, 0.3) is 0 Å².